The third-order valence-electron chi connectivity index (χ3n) is 6.07. The molecule has 3 heterocycles. The largest absolute Gasteiger partial charge is 0.408 e. The molecular weight excluding hydrogens is 518 g/mol. The molecule has 0 aliphatic carbocycles. The van der Waals surface area contributed by atoms with E-state index >= 15 is 0 Å². The van der Waals surface area contributed by atoms with Crippen molar-refractivity contribution in [2.45, 2.75) is 70.0 Å². The van der Waals surface area contributed by atoms with E-state index in [1.54, 1.807) is 19.1 Å². The lowest BCUT2D eigenvalue weighted by molar-refractivity contribution is -0.136. The van der Waals surface area contributed by atoms with Gasteiger partial charge in [0.25, 0.3) is 0 Å². The van der Waals surface area contributed by atoms with Crippen molar-refractivity contribution in [3.8, 4) is 0 Å². The lowest BCUT2D eigenvalue weighted by Crippen LogP contribution is -2.46. The molecule has 2 fully saturated rings. The quantitative estimate of drug-likeness (QED) is 0.289. The van der Waals surface area contributed by atoms with Gasteiger partial charge in [-0.2, -0.15) is 13.2 Å². The molecule has 0 radical (unpaired) electrons. The van der Waals surface area contributed by atoms with Crippen LogP contribution in [0.5, 0.6) is 0 Å². The molecule has 3 N–H and O–H groups in total. The molecule has 3 unspecified atom stereocenters. The van der Waals surface area contributed by atoms with Crippen LogP contribution in [0.25, 0.3) is 0 Å². The molecule has 2 aliphatic rings. The maximum atomic E-state index is 14.5. The summed E-state index contributed by atoms with van der Waals surface area (Å²) in [7, 11) is 0. The standard InChI is InChI=1S/C15H16ClFN2O2.C7H10F3N3O.C2H4/c1-8-6-7-19(8)11-4-2-9(14(17)13(11)16)10-3-5-12(20)18-15(10)21;1-4(2-3-7(8,9)10)5-12-13-6(11)14-5;1-2/h2,4,8,10H,3,5-7H2,1H3,(H,18,20,21);4H,2-3H2,1H3,(H2,11,13);1-2H2. The van der Waals surface area contributed by atoms with Gasteiger partial charge in [0.05, 0.1) is 16.6 Å². The molecule has 4 rings (SSSR count). The van der Waals surface area contributed by atoms with Crippen LogP contribution in [-0.2, 0) is 9.59 Å². The van der Waals surface area contributed by atoms with Gasteiger partial charge in [0, 0.05) is 36.9 Å². The molecule has 3 atom stereocenters. The summed E-state index contributed by atoms with van der Waals surface area (Å²) < 4.78 is 54.9. The van der Waals surface area contributed by atoms with E-state index in [9.17, 15) is 27.2 Å². The minimum absolute atomic E-state index is 0.0590. The molecule has 13 heteroatoms. The number of hydrogen-bond donors (Lipinski definition) is 2. The third-order valence-corrected chi connectivity index (χ3v) is 6.43. The zero-order chi connectivity index (χ0) is 27.9. The summed E-state index contributed by atoms with van der Waals surface area (Å²) in [6.45, 7) is 10.5. The van der Waals surface area contributed by atoms with E-state index in [4.69, 9.17) is 21.8 Å². The van der Waals surface area contributed by atoms with Gasteiger partial charge >= 0.3 is 12.2 Å². The molecule has 2 aromatic rings. The summed E-state index contributed by atoms with van der Waals surface area (Å²) >= 11 is 6.15. The van der Waals surface area contributed by atoms with Gasteiger partial charge in [0.2, 0.25) is 17.7 Å². The second-order valence-corrected chi connectivity index (χ2v) is 9.05. The first-order chi connectivity index (χ1) is 17.4. The highest BCUT2D eigenvalue weighted by Crippen LogP contribution is 2.38. The van der Waals surface area contributed by atoms with E-state index < -0.39 is 36.2 Å². The normalized spacial score (nSPS) is 20.0. The second kappa shape index (κ2) is 12.9. The number of piperidine rings is 1. The average molecular weight is 548 g/mol. The van der Waals surface area contributed by atoms with Gasteiger partial charge < -0.3 is 15.1 Å². The fourth-order valence-corrected chi connectivity index (χ4v) is 4.14. The van der Waals surface area contributed by atoms with Crippen molar-refractivity contribution in [1.29, 1.82) is 0 Å². The number of carbonyl (C=O) groups is 2. The fourth-order valence-electron chi connectivity index (χ4n) is 3.86. The maximum Gasteiger partial charge on any atom is 0.389 e. The van der Waals surface area contributed by atoms with Crippen molar-refractivity contribution in [1.82, 2.24) is 15.5 Å². The van der Waals surface area contributed by atoms with Crippen LogP contribution >= 0.6 is 11.6 Å². The number of halogens is 5. The Bertz CT molecular complexity index is 1090. The summed E-state index contributed by atoms with van der Waals surface area (Å²) in [5, 5.41) is 9.17. The molecule has 1 aromatic heterocycles. The van der Waals surface area contributed by atoms with Crippen molar-refractivity contribution in [3.05, 3.63) is 47.6 Å². The first-order valence-corrected chi connectivity index (χ1v) is 12.0. The minimum atomic E-state index is -4.15. The first kappa shape index (κ1) is 30.1. The second-order valence-electron chi connectivity index (χ2n) is 8.67. The zero-order valence-electron chi connectivity index (χ0n) is 20.6. The van der Waals surface area contributed by atoms with E-state index in [0.717, 1.165) is 13.0 Å². The molecule has 37 heavy (non-hydrogen) atoms. The molecule has 8 nitrogen and oxygen atoms in total. The number of nitrogens with one attached hydrogen (secondary N) is 1. The lowest BCUT2D eigenvalue weighted by Gasteiger charge is -2.41. The van der Waals surface area contributed by atoms with E-state index in [0.29, 0.717) is 18.2 Å². The van der Waals surface area contributed by atoms with Crippen LogP contribution in [0.3, 0.4) is 0 Å². The monoisotopic (exact) mass is 547 g/mol. The molecule has 1 aromatic carbocycles. The number of rotatable bonds is 5. The summed E-state index contributed by atoms with van der Waals surface area (Å²) in [4.78, 5) is 25.1. The van der Waals surface area contributed by atoms with Crippen molar-refractivity contribution >= 4 is 35.1 Å². The minimum Gasteiger partial charge on any atom is -0.408 e. The Morgan fingerprint density at radius 1 is 1.27 bits per heavy atom. The van der Waals surface area contributed by atoms with Crippen LogP contribution in [-0.4, -0.2) is 40.8 Å². The Morgan fingerprint density at radius 2 is 1.95 bits per heavy atom. The van der Waals surface area contributed by atoms with Gasteiger partial charge in [-0.25, -0.2) is 4.39 Å². The summed E-state index contributed by atoms with van der Waals surface area (Å²) in [6, 6.07) is 3.60. The lowest BCUT2D eigenvalue weighted by atomic mass is 9.89. The number of aromatic nitrogens is 2. The topological polar surface area (TPSA) is 114 Å². The fraction of sp³-hybridized carbons (Fsp3) is 0.500. The van der Waals surface area contributed by atoms with Gasteiger partial charge in [-0.15, -0.1) is 18.3 Å². The highest BCUT2D eigenvalue weighted by molar-refractivity contribution is 6.33. The highest BCUT2D eigenvalue weighted by atomic mass is 35.5. The molecule has 2 amide bonds. The number of nitrogen functional groups attached to an aromatic ring is 1. The van der Waals surface area contributed by atoms with Crippen LogP contribution in [0.15, 0.2) is 29.7 Å². The van der Waals surface area contributed by atoms with Crippen LogP contribution in [0, 0.1) is 5.82 Å². The van der Waals surface area contributed by atoms with Crippen molar-refractivity contribution in [3.63, 3.8) is 0 Å². The molecule has 204 valence electrons. The van der Waals surface area contributed by atoms with E-state index in [2.05, 4.69) is 35.6 Å². The maximum absolute atomic E-state index is 14.5. The predicted octanol–water partition coefficient (Wildman–Crippen LogP) is 5.50. The Hall–Kier alpha value is -3.15. The summed E-state index contributed by atoms with van der Waals surface area (Å²) in [5.74, 6) is -2.25. The number of nitrogens with two attached hydrogens (primary N) is 1. The SMILES string of the molecule is C=C.CC(CCC(F)(F)F)c1nnc(N)o1.CC1CCN1c1ccc(C2CCC(=O)NC2=O)c(F)c1Cl. The first-order valence-electron chi connectivity index (χ1n) is 11.6. The number of carbonyl (C=O) groups excluding carboxylic acids is 2. The average Bonchev–Trinajstić information content (AvgIpc) is 3.28. The number of anilines is 2. The van der Waals surface area contributed by atoms with Crippen LogP contribution < -0.4 is 16.0 Å². The third kappa shape index (κ3) is 7.91. The van der Waals surface area contributed by atoms with E-state index in [1.165, 1.54) is 0 Å². The van der Waals surface area contributed by atoms with Gasteiger partial charge in [-0.3, -0.25) is 14.9 Å². The molecular formula is C24H30ClF4N5O3. The number of amides is 2. The van der Waals surface area contributed by atoms with Gasteiger partial charge in [-0.1, -0.05) is 29.7 Å². The number of benzene rings is 1. The molecule has 0 spiro atoms. The van der Waals surface area contributed by atoms with Crippen molar-refractivity contribution < 1.29 is 31.6 Å². The highest BCUT2D eigenvalue weighted by Gasteiger charge is 2.33. The van der Waals surface area contributed by atoms with Gasteiger partial charge in [0.15, 0.2) is 0 Å². The molecule has 0 saturated carbocycles. The smallest absolute Gasteiger partial charge is 0.389 e. The number of nitrogens with zero attached hydrogens (tertiary/aromatic N) is 3. The molecule has 2 saturated heterocycles. The predicted molar refractivity (Wildman–Crippen MR) is 132 cm³/mol. The number of hydrogen-bond acceptors (Lipinski definition) is 7. The Morgan fingerprint density at radius 3 is 2.43 bits per heavy atom. The van der Waals surface area contributed by atoms with Crippen LogP contribution in [0.1, 0.15) is 69.2 Å². The zero-order valence-corrected chi connectivity index (χ0v) is 21.3. The Kier molecular flexibility index (Phi) is 10.5. The number of alkyl halides is 3. The molecule has 0 bridgehead atoms. The Labute approximate surface area is 217 Å². The summed E-state index contributed by atoms with van der Waals surface area (Å²) in [6.07, 6.45) is -3.50. The van der Waals surface area contributed by atoms with Gasteiger partial charge in [-0.05, 0) is 32.3 Å². The van der Waals surface area contributed by atoms with Crippen molar-refractivity contribution in [2.24, 2.45) is 0 Å². The van der Waals surface area contributed by atoms with Gasteiger partial charge in [0.1, 0.15) is 5.82 Å². The van der Waals surface area contributed by atoms with Crippen molar-refractivity contribution in [2.75, 3.05) is 17.2 Å². The molecule has 2 aliphatic heterocycles. The van der Waals surface area contributed by atoms with E-state index in [-0.39, 0.29) is 41.2 Å². The number of imide groups is 1. The summed E-state index contributed by atoms with van der Waals surface area (Å²) in [5.41, 5.74) is 6.07. The Balaban J connectivity index is 0.000000263. The van der Waals surface area contributed by atoms with E-state index in [1.807, 2.05) is 4.90 Å². The van der Waals surface area contributed by atoms with Crippen LogP contribution in [0.2, 0.25) is 5.02 Å². The van der Waals surface area contributed by atoms with Crippen LogP contribution in [0.4, 0.5) is 29.3 Å².